The van der Waals surface area contributed by atoms with Crippen molar-refractivity contribution in [1.29, 1.82) is 0 Å². The van der Waals surface area contributed by atoms with Crippen LogP contribution >= 0.6 is 27.3 Å². The third kappa shape index (κ3) is 3.15. The van der Waals surface area contributed by atoms with E-state index in [0.717, 1.165) is 17.4 Å². The molecule has 0 saturated carbocycles. The first-order chi connectivity index (χ1) is 6.27. The van der Waals surface area contributed by atoms with Crippen LogP contribution in [0.25, 0.3) is 0 Å². The lowest BCUT2D eigenvalue weighted by Crippen LogP contribution is -2.19. The molecule has 1 nitrogen and oxygen atoms in total. The highest BCUT2D eigenvalue weighted by molar-refractivity contribution is 9.10. The summed E-state index contributed by atoms with van der Waals surface area (Å²) in [5.74, 6) is 2.69. The summed E-state index contributed by atoms with van der Waals surface area (Å²) in [7, 11) is 0. The van der Waals surface area contributed by atoms with Gasteiger partial charge in [-0.05, 0) is 28.5 Å². The normalized spacial score (nSPS) is 12.4. The number of thiophene rings is 1. The van der Waals surface area contributed by atoms with Gasteiger partial charge in [-0.25, -0.2) is 0 Å². The molecule has 70 valence electrons. The van der Waals surface area contributed by atoms with Crippen LogP contribution in [0.15, 0.2) is 15.9 Å². The zero-order valence-electron chi connectivity index (χ0n) is 7.51. The van der Waals surface area contributed by atoms with Crippen molar-refractivity contribution in [3.05, 3.63) is 20.8 Å². The molecule has 1 atom stereocenters. The van der Waals surface area contributed by atoms with Crippen LogP contribution in [0.4, 0.5) is 0 Å². The van der Waals surface area contributed by atoms with Gasteiger partial charge in [0.15, 0.2) is 0 Å². The van der Waals surface area contributed by atoms with Crippen LogP contribution in [-0.2, 0) is 0 Å². The summed E-state index contributed by atoms with van der Waals surface area (Å²) in [6, 6.07) is 2.43. The first kappa shape index (κ1) is 10.8. The highest BCUT2D eigenvalue weighted by Gasteiger charge is 2.10. The second-order valence-corrected chi connectivity index (χ2v) is 4.54. The van der Waals surface area contributed by atoms with Crippen LogP contribution in [-0.4, -0.2) is 6.54 Å². The Hall–Kier alpha value is -0.300. The molecule has 0 saturated heterocycles. The van der Waals surface area contributed by atoms with Gasteiger partial charge >= 0.3 is 0 Å². The fraction of sp³-hybridized carbons (Fsp3) is 0.400. The number of hydrogen-bond donors (Lipinski definition) is 1. The molecule has 0 aliphatic carbocycles. The summed E-state index contributed by atoms with van der Waals surface area (Å²) in [5, 5.41) is 5.44. The van der Waals surface area contributed by atoms with Gasteiger partial charge in [0.25, 0.3) is 0 Å². The van der Waals surface area contributed by atoms with E-state index in [1.807, 2.05) is 0 Å². The van der Waals surface area contributed by atoms with Crippen LogP contribution in [0.5, 0.6) is 0 Å². The summed E-state index contributed by atoms with van der Waals surface area (Å²) in [6.45, 7) is 3.04. The second-order valence-electron chi connectivity index (χ2n) is 2.69. The van der Waals surface area contributed by atoms with E-state index in [9.17, 15) is 0 Å². The molecule has 0 aromatic carbocycles. The molecule has 1 aromatic rings. The zero-order valence-corrected chi connectivity index (χ0v) is 9.91. The minimum Gasteiger partial charge on any atom is -0.309 e. The molecular formula is C10H12BrNS. The van der Waals surface area contributed by atoms with Crippen LogP contribution in [0.3, 0.4) is 0 Å². The van der Waals surface area contributed by atoms with E-state index in [2.05, 4.69) is 45.5 Å². The predicted octanol–water partition coefficient (Wildman–Crippen LogP) is 3.18. The van der Waals surface area contributed by atoms with Gasteiger partial charge in [-0.2, -0.15) is 0 Å². The summed E-state index contributed by atoms with van der Waals surface area (Å²) in [5.41, 5.74) is 0. The summed E-state index contributed by atoms with van der Waals surface area (Å²) < 4.78 is 1.13. The van der Waals surface area contributed by atoms with Crippen molar-refractivity contribution in [3.8, 4) is 12.3 Å². The molecule has 1 N–H and O–H groups in total. The Morgan fingerprint density at radius 1 is 1.77 bits per heavy atom. The van der Waals surface area contributed by atoms with E-state index in [1.165, 1.54) is 4.88 Å². The van der Waals surface area contributed by atoms with Crippen LogP contribution in [0, 0.1) is 12.3 Å². The minimum atomic E-state index is 0.311. The first-order valence-electron chi connectivity index (χ1n) is 4.18. The predicted molar refractivity (Wildman–Crippen MR) is 61.9 cm³/mol. The van der Waals surface area contributed by atoms with E-state index >= 15 is 0 Å². The van der Waals surface area contributed by atoms with Crippen LogP contribution in [0.1, 0.15) is 24.3 Å². The summed E-state index contributed by atoms with van der Waals surface area (Å²) in [4.78, 5) is 1.30. The van der Waals surface area contributed by atoms with E-state index in [4.69, 9.17) is 6.42 Å². The summed E-state index contributed by atoms with van der Waals surface area (Å²) >= 11 is 5.17. The Kier molecular flexibility index (Phi) is 4.51. The topological polar surface area (TPSA) is 12.0 Å². The maximum absolute atomic E-state index is 5.31. The average molecular weight is 258 g/mol. The van der Waals surface area contributed by atoms with E-state index in [-0.39, 0.29) is 0 Å². The second kappa shape index (κ2) is 5.43. The number of hydrogen-bond acceptors (Lipinski definition) is 2. The minimum absolute atomic E-state index is 0.311. The molecule has 13 heavy (non-hydrogen) atoms. The van der Waals surface area contributed by atoms with Gasteiger partial charge < -0.3 is 5.32 Å². The Labute approximate surface area is 91.7 Å². The molecule has 0 radical (unpaired) electrons. The number of nitrogens with one attached hydrogen (secondary N) is 1. The fourth-order valence-corrected chi connectivity index (χ4v) is 2.67. The SMILES string of the molecule is C#CCC(NCC)c1cc(Br)cs1. The van der Waals surface area contributed by atoms with Gasteiger partial charge in [0.05, 0.1) is 6.04 Å². The Morgan fingerprint density at radius 2 is 2.54 bits per heavy atom. The lowest BCUT2D eigenvalue weighted by Gasteiger charge is -2.12. The van der Waals surface area contributed by atoms with Crippen LogP contribution < -0.4 is 5.32 Å². The molecule has 1 aromatic heterocycles. The van der Waals surface area contributed by atoms with Crippen molar-refractivity contribution < 1.29 is 0 Å². The summed E-state index contributed by atoms with van der Waals surface area (Å²) in [6.07, 6.45) is 6.06. The molecule has 1 unspecified atom stereocenters. The Morgan fingerprint density at radius 3 is 3.00 bits per heavy atom. The highest BCUT2D eigenvalue weighted by atomic mass is 79.9. The molecule has 0 fully saturated rings. The molecule has 1 rings (SSSR count). The highest BCUT2D eigenvalue weighted by Crippen LogP contribution is 2.27. The number of halogens is 1. The van der Waals surface area contributed by atoms with E-state index < -0.39 is 0 Å². The fourth-order valence-electron chi connectivity index (χ4n) is 1.15. The van der Waals surface area contributed by atoms with Gasteiger partial charge in [-0.1, -0.05) is 6.92 Å². The molecule has 1 heterocycles. The van der Waals surface area contributed by atoms with Crippen LogP contribution in [0.2, 0.25) is 0 Å². The van der Waals surface area contributed by atoms with Gasteiger partial charge in [-0.3, -0.25) is 0 Å². The first-order valence-corrected chi connectivity index (χ1v) is 5.86. The maximum Gasteiger partial charge on any atom is 0.0525 e. The Balaban J connectivity index is 2.70. The van der Waals surface area contributed by atoms with Crippen molar-refractivity contribution >= 4 is 27.3 Å². The average Bonchev–Trinajstić information content (AvgIpc) is 2.51. The molecule has 0 amide bonds. The maximum atomic E-state index is 5.31. The van der Waals surface area contributed by atoms with Gasteiger partial charge in [0, 0.05) is 21.2 Å². The van der Waals surface area contributed by atoms with Gasteiger partial charge in [0.2, 0.25) is 0 Å². The number of rotatable bonds is 4. The van der Waals surface area contributed by atoms with Crippen molar-refractivity contribution in [3.63, 3.8) is 0 Å². The third-order valence-electron chi connectivity index (χ3n) is 1.70. The standard InChI is InChI=1S/C10H12BrNS/c1-3-5-9(12-4-2)10-6-8(11)7-13-10/h1,6-7,9,12H,4-5H2,2H3. The van der Waals surface area contributed by atoms with Crippen molar-refractivity contribution in [1.82, 2.24) is 5.32 Å². The molecule has 0 aliphatic rings. The number of terminal acetylenes is 1. The smallest absolute Gasteiger partial charge is 0.0525 e. The molecule has 0 aliphatic heterocycles. The van der Waals surface area contributed by atoms with Crippen molar-refractivity contribution in [2.75, 3.05) is 6.54 Å². The largest absolute Gasteiger partial charge is 0.309 e. The molecule has 3 heteroatoms. The zero-order chi connectivity index (χ0) is 9.68. The van der Waals surface area contributed by atoms with E-state index in [1.54, 1.807) is 11.3 Å². The van der Waals surface area contributed by atoms with E-state index in [0.29, 0.717) is 6.04 Å². The van der Waals surface area contributed by atoms with Crippen molar-refractivity contribution in [2.24, 2.45) is 0 Å². The molecule has 0 bridgehead atoms. The molecular weight excluding hydrogens is 246 g/mol. The van der Waals surface area contributed by atoms with Gasteiger partial charge in [0.1, 0.15) is 0 Å². The van der Waals surface area contributed by atoms with Gasteiger partial charge in [-0.15, -0.1) is 23.7 Å². The lowest BCUT2D eigenvalue weighted by atomic mass is 10.2. The lowest BCUT2D eigenvalue weighted by molar-refractivity contribution is 0.574. The van der Waals surface area contributed by atoms with Crippen molar-refractivity contribution in [2.45, 2.75) is 19.4 Å². The third-order valence-corrected chi connectivity index (χ3v) is 3.51. The Bertz CT molecular complexity index is 300. The monoisotopic (exact) mass is 257 g/mol. The quantitative estimate of drug-likeness (QED) is 0.818. The molecule has 0 spiro atoms.